The van der Waals surface area contributed by atoms with E-state index in [1.807, 2.05) is 13.8 Å². The van der Waals surface area contributed by atoms with Gasteiger partial charge in [-0.2, -0.15) is 13.5 Å². The molecule has 0 unspecified atom stereocenters. The van der Waals surface area contributed by atoms with Crippen molar-refractivity contribution in [3.8, 4) is 0 Å². The minimum absolute atomic E-state index is 0.233. The van der Waals surface area contributed by atoms with Gasteiger partial charge in [0, 0.05) is 5.71 Å². The molecular weight excluding hydrogens is 236 g/mol. The third-order valence-electron chi connectivity index (χ3n) is 2.30. The fourth-order valence-electron chi connectivity index (χ4n) is 1.33. The Hall–Kier alpha value is -1.36. The second-order valence-corrected chi connectivity index (χ2v) is 5.67. The van der Waals surface area contributed by atoms with Crippen LogP contribution in [0.25, 0.3) is 0 Å². The van der Waals surface area contributed by atoms with Gasteiger partial charge in [0.1, 0.15) is 0 Å². The van der Waals surface area contributed by atoms with Crippen molar-refractivity contribution in [1.82, 2.24) is 4.83 Å². The van der Waals surface area contributed by atoms with Crippen LogP contribution in [0.4, 0.5) is 0 Å². The van der Waals surface area contributed by atoms with Crippen LogP contribution in [0.5, 0.6) is 0 Å². The number of hydrazone groups is 1. The van der Waals surface area contributed by atoms with Crippen molar-refractivity contribution in [3.05, 3.63) is 29.8 Å². The van der Waals surface area contributed by atoms with Crippen LogP contribution >= 0.6 is 0 Å². The maximum absolute atomic E-state index is 11.8. The Bertz CT molecular complexity index is 490. The second kappa shape index (κ2) is 5.82. The fraction of sp³-hybridized carbons (Fsp3) is 0.417. The molecule has 5 heteroatoms. The number of nitrogens with one attached hydrogen (secondary N) is 1. The van der Waals surface area contributed by atoms with Gasteiger partial charge in [-0.15, -0.1) is 0 Å². The van der Waals surface area contributed by atoms with Crippen molar-refractivity contribution < 1.29 is 8.42 Å². The lowest BCUT2D eigenvalue weighted by Crippen LogP contribution is -2.19. The summed E-state index contributed by atoms with van der Waals surface area (Å²) >= 11 is 0. The number of hydrogen-bond acceptors (Lipinski definition) is 3. The summed E-state index contributed by atoms with van der Waals surface area (Å²) in [6.45, 7) is 5.74. The summed E-state index contributed by atoms with van der Waals surface area (Å²) in [6, 6.07) is 6.67. The Morgan fingerprint density at radius 3 is 2.41 bits per heavy atom. The van der Waals surface area contributed by atoms with Gasteiger partial charge in [0.2, 0.25) is 0 Å². The standard InChI is InChI=1S/C12H18N2O2S/c1-4-5-11(3)13-14-17(15,16)12-8-6-10(2)7-9-12/h6-9,14H,4-5H2,1-3H3/b13-11+. The lowest BCUT2D eigenvalue weighted by molar-refractivity contribution is 0.584. The van der Waals surface area contributed by atoms with Crippen LogP contribution in [0.2, 0.25) is 0 Å². The number of nitrogens with zero attached hydrogens (tertiary/aromatic N) is 1. The molecule has 94 valence electrons. The third kappa shape index (κ3) is 4.19. The smallest absolute Gasteiger partial charge is 0.200 e. The summed E-state index contributed by atoms with van der Waals surface area (Å²) < 4.78 is 23.7. The highest BCUT2D eigenvalue weighted by Crippen LogP contribution is 2.09. The van der Waals surface area contributed by atoms with Gasteiger partial charge < -0.3 is 0 Å². The Morgan fingerprint density at radius 1 is 1.29 bits per heavy atom. The Morgan fingerprint density at radius 2 is 1.88 bits per heavy atom. The number of hydrogen-bond donors (Lipinski definition) is 1. The lowest BCUT2D eigenvalue weighted by Gasteiger charge is -2.05. The van der Waals surface area contributed by atoms with Crippen molar-refractivity contribution in [1.29, 1.82) is 0 Å². The maximum atomic E-state index is 11.8. The summed E-state index contributed by atoms with van der Waals surface area (Å²) in [5.41, 5.74) is 1.80. The highest BCUT2D eigenvalue weighted by molar-refractivity contribution is 7.89. The molecule has 0 spiro atoms. The Balaban J connectivity index is 2.82. The zero-order valence-corrected chi connectivity index (χ0v) is 11.2. The molecule has 0 saturated carbocycles. The number of benzene rings is 1. The Labute approximate surface area is 103 Å². The van der Waals surface area contributed by atoms with Gasteiger partial charge in [-0.05, 0) is 32.4 Å². The molecule has 0 aliphatic rings. The van der Waals surface area contributed by atoms with Crippen LogP contribution < -0.4 is 4.83 Å². The zero-order valence-electron chi connectivity index (χ0n) is 10.4. The molecule has 1 aromatic rings. The quantitative estimate of drug-likeness (QED) is 0.648. The monoisotopic (exact) mass is 254 g/mol. The molecule has 0 fully saturated rings. The molecule has 0 aliphatic carbocycles. The third-order valence-corrected chi connectivity index (χ3v) is 3.52. The number of sulfonamides is 1. The van der Waals surface area contributed by atoms with E-state index in [2.05, 4.69) is 9.93 Å². The molecule has 0 bridgehead atoms. The first-order valence-electron chi connectivity index (χ1n) is 5.57. The largest absolute Gasteiger partial charge is 0.276 e. The van der Waals surface area contributed by atoms with Crippen molar-refractivity contribution in [2.75, 3.05) is 0 Å². The summed E-state index contributed by atoms with van der Waals surface area (Å²) in [4.78, 5) is 2.47. The molecular formula is C12H18N2O2S. The average Bonchev–Trinajstić information content (AvgIpc) is 2.28. The van der Waals surface area contributed by atoms with E-state index in [0.717, 1.165) is 24.1 Å². The predicted octanol–water partition coefficient (Wildman–Crippen LogP) is 2.45. The molecule has 0 heterocycles. The normalized spacial score (nSPS) is 12.5. The Kier molecular flexibility index (Phi) is 4.69. The molecule has 0 radical (unpaired) electrons. The number of rotatable bonds is 5. The molecule has 1 aromatic carbocycles. The maximum Gasteiger partial charge on any atom is 0.276 e. The van der Waals surface area contributed by atoms with E-state index in [9.17, 15) is 8.42 Å². The summed E-state index contributed by atoms with van der Waals surface area (Å²) in [5.74, 6) is 0. The van der Waals surface area contributed by atoms with Gasteiger partial charge in [-0.3, -0.25) is 0 Å². The van der Waals surface area contributed by atoms with E-state index in [-0.39, 0.29) is 4.90 Å². The first-order chi connectivity index (χ1) is 7.95. The van der Waals surface area contributed by atoms with Gasteiger partial charge in [0.15, 0.2) is 0 Å². The van der Waals surface area contributed by atoms with Crippen LogP contribution in [0.1, 0.15) is 32.3 Å². The minimum Gasteiger partial charge on any atom is -0.200 e. The lowest BCUT2D eigenvalue weighted by atomic mass is 10.2. The zero-order chi connectivity index (χ0) is 12.9. The predicted molar refractivity (Wildman–Crippen MR) is 69.5 cm³/mol. The van der Waals surface area contributed by atoms with E-state index >= 15 is 0 Å². The van der Waals surface area contributed by atoms with E-state index in [1.54, 1.807) is 31.2 Å². The second-order valence-electron chi connectivity index (χ2n) is 4.00. The van der Waals surface area contributed by atoms with Crippen LogP contribution in [0.15, 0.2) is 34.3 Å². The molecule has 0 aromatic heterocycles. The summed E-state index contributed by atoms with van der Waals surface area (Å²) in [5, 5.41) is 3.86. The first-order valence-corrected chi connectivity index (χ1v) is 7.05. The molecule has 0 aliphatic heterocycles. The van der Waals surface area contributed by atoms with Gasteiger partial charge in [-0.1, -0.05) is 31.0 Å². The average molecular weight is 254 g/mol. The highest BCUT2D eigenvalue weighted by Gasteiger charge is 2.11. The van der Waals surface area contributed by atoms with E-state index < -0.39 is 10.0 Å². The van der Waals surface area contributed by atoms with Crippen LogP contribution in [-0.4, -0.2) is 14.1 Å². The molecule has 4 nitrogen and oxygen atoms in total. The summed E-state index contributed by atoms with van der Waals surface area (Å²) in [7, 11) is -3.53. The SMILES string of the molecule is CCC/C(C)=N/NS(=O)(=O)c1ccc(C)cc1. The van der Waals surface area contributed by atoms with Crippen molar-refractivity contribution in [2.45, 2.75) is 38.5 Å². The topological polar surface area (TPSA) is 58.5 Å². The van der Waals surface area contributed by atoms with E-state index in [1.165, 1.54) is 0 Å². The van der Waals surface area contributed by atoms with Crippen LogP contribution in [0.3, 0.4) is 0 Å². The molecule has 17 heavy (non-hydrogen) atoms. The highest BCUT2D eigenvalue weighted by atomic mass is 32.2. The van der Waals surface area contributed by atoms with Gasteiger partial charge in [0.05, 0.1) is 4.90 Å². The fourth-order valence-corrected chi connectivity index (χ4v) is 2.20. The molecule has 0 atom stereocenters. The molecule has 1 N–H and O–H groups in total. The van der Waals surface area contributed by atoms with E-state index in [0.29, 0.717) is 0 Å². The van der Waals surface area contributed by atoms with Gasteiger partial charge >= 0.3 is 0 Å². The van der Waals surface area contributed by atoms with Crippen molar-refractivity contribution >= 4 is 15.7 Å². The number of aryl methyl sites for hydroxylation is 1. The molecule has 1 rings (SSSR count). The van der Waals surface area contributed by atoms with E-state index in [4.69, 9.17) is 0 Å². The van der Waals surface area contributed by atoms with Crippen molar-refractivity contribution in [3.63, 3.8) is 0 Å². The first kappa shape index (κ1) is 13.7. The van der Waals surface area contributed by atoms with Gasteiger partial charge in [0.25, 0.3) is 10.0 Å². The van der Waals surface area contributed by atoms with Gasteiger partial charge in [-0.25, -0.2) is 4.83 Å². The summed E-state index contributed by atoms with van der Waals surface area (Å²) in [6.07, 6.45) is 1.73. The van der Waals surface area contributed by atoms with Crippen molar-refractivity contribution in [2.24, 2.45) is 5.10 Å². The van der Waals surface area contributed by atoms with Crippen LogP contribution in [-0.2, 0) is 10.0 Å². The van der Waals surface area contributed by atoms with Crippen LogP contribution in [0, 0.1) is 6.92 Å². The molecule has 0 saturated heterocycles. The molecule has 0 amide bonds. The minimum atomic E-state index is -3.53.